The van der Waals surface area contributed by atoms with Gasteiger partial charge in [0.2, 0.25) is 5.91 Å². The lowest BCUT2D eigenvalue weighted by Gasteiger charge is -2.22. The van der Waals surface area contributed by atoms with Crippen LogP contribution >= 0.6 is 23.1 Å². The summed E-state index contributed by atoms with van der Waals surface area (Å²) in [5.41, 5.74) is -0.213. The number of rotatable bonds is 3. The lowest BCUT2D eigenvalue weighted by atomic mass is 10.1. The van der Waals surface area contributed by atoms with Gasteiger partial charge in [0.25, 0.3) is 0 Å². The first kappa shape index (κ1) is 14.3. The number of thiophene rings is 1. The van der Waals surface area contributed by atoms with Gasteiger partial charge in [-0.2, -0.15) is 0 Å². The Morgan fingerprint density at radius 1 is 1.42 bits per heavy atom. The molecule has 2 aromatic rings. The van der Waals surface area contributed by atoms with Crippen LogP contribution < -0.4 is 5.32 Å². The number of carbonyl (C=O) groups is 1. The van der Waals surface area contributed by atoms with E-state index < -0.39 is 0 Å². The molecule has 0 saturated carbocycles. The minimum atomic E-state index is -0.213. The minimum Gasteiger partial charge on any atom is -0.351 e. The molecule has 1 N–H and O–H groups in total. The second kappa shape index (κ2) is 5.46. The number of carbonyl (C=O) groups excluding carboxylic acids is 1. The Morgan fingerprint density at radius 2 is 2.16 bits per heavy atom. The fourth-order valence-corrected chi connectivity index (χ4v) is 3.25. The number of amides is 1. The third-order valence-corrected chi connectivity index (χ3v) is 4.32. The van der Waals surface area contributed by atoms with E-state index in [2.05, 4.69) is 15.3 Å². The highest BCUT2D eigenvalue weighted by molar-refractivity contribution is 8.00. The van der Waals surface area contributed by atoms with Crippen molar-refractivity contribution in [3.63, 3.8) is 0 Å². The Hall–Kier alpha value is -1.14. The van der Waals surface area contributed by atoms with Gasteiger partial charge in [0.05, 0.1) is 5.25 Å². The van der Waals surface area contributed by atoms with Gasteiger partial charge < -0.3 is 5.32 Å². The fourth-order valence-electron chi connectivity index (χ4n) is 1.55. The fraction of sp³-hybridized carbons (Fsp3) is 0.462. The molecular weight excluding hydrogens is 278 g/mol. The van der Waals surface area contributed by atoms with E-state index in [-0.39, 0.29) is 16.7 Å². The third-order valence-electron chi connectivity index (χ3n) is 2.38. The van der Waals surface area contributed by atoms with E-state index in [0.717, 1.165) is 15.2 Å². The van der Waals surface area contributed by atoms with E-state index in [1.165, 1.54) is 11.8 Å². The van der Waals surface area contributed by atoms with Crippen molar-refractivity contribution in [1.29, 1.82) is 0 Å². The van der Waals surface area contributed by atoms with Crippen LogP contribution in [0.2, 0.25) is 0 Å². The van der Waals surface area contributed by atoms with Gasteiger partial charge in [0.15, 0.2) is 0 Å². The summed E-state index contributed by atoms with van der Waals surface area (Å²) in [6, 6.07) is 2.00. The Balaban J connectivity index is 2.12. The number of thioether (sulfide) groups is 1. The number of aromatic nitrogens is 2. The van der Waals surface area contributed by atoms with Crippen LogP contribution in [0.4, 0.5) is 0 Å². The van der Waals surface area contributed by atoms with Gasteiger partial charge in [-0.3, -0.25) is 4.79 Å². The molecule has 2 rings (SSSR count). The number of hydrogen-bond donors (Lipinski definition) is 1. The van der Waals surface area contributed by atoms with E-state index in [0.29, 0.717) is 0 Å². The van der Waals surface area contributed by atoms with Crippen molar-refractivity contribution in [3.8, 4) is 0 Å². The summed E-state index contributed by atoms with van der Waals surface area (Å²) >= 11 is 3.05. The first-order valence-electron chi connectivity index (χ1n) is 6.04. The summed E-state index contributed by atoms with van der Waals surface area (Å²) in [6.45, 7) is 7.82. The Morgan fingerprint density at radius 3 is 2.84 bits per heavy atom. The average Bonchev–Trinajstić information content (AvgIpc) is 2.75. The second-order valence-corrected chi connectivity index (χ2v) is 7.54. The van der Waals surface area contributed by atoms with Gasteiger partial charge >= 0.3 is 0 Å². The normalized spacial score (nSPS) is 13.5. The molecule has 0 aliphatic rings. The van der Waals surface area contributed by atoms with Gasteiger partial charge in [-0.1, -0.05) is 11.8 Å². The number of fused-ring (bicyclic) bond motifs is 1. The maximum absolute atomic E-state index is 12.1. The van der Waals surface area contributed by atoms with Gasteiger partial charge in [-0.25, -0.2) is 9.97 Å². The van der Waals surface area contributed by atoms with E-state index in [4.69, 9.17) is 0 Å². The molecular formula is C13H17N3OS2. The van der Waals surface area contributed by atoms with Gasteiger partial charge in [0.1, 0.15) is 16.2 Å². The lowest BCUT2D eigenvalue weighted by molar-refractivity contribution is -0.121. The van der Waals surface area contributed by atoms with Crippen LogP contribution in [0.1, 0.15) is 27.7 Å². The molecule has 0 aliphatic carbocycles. The van der Waals surface area contributed by atoms with Crippen LogP contribution in [0.5, 0.6) is 0 Å². The zero-order valence-corrected chi connectivity index (χ0v) is 13.1. The van der Waals surface area contributed by atoms with Crippen LogP contribution in [0.25, 0.3) is 10.2 Å². The number of nitrogens with one attached hydrogen (secondary N) is 1. The summed E-state index contributed by atoms with van der Waals surface area (Å²) in [7, 11) is 0. The van der Waals surface area contributed by atoms with Crippen molar-refractivity contribution < 1.29 is 4.79 Å². The molecule has 1 atom stereocenters. The van der Waals surface area contributed by atoms with Crippen molar-refractivity contribution in [2.45, 2.75) is 43.5 Å². The Kier molecular flexibility index (Phi) is 4.10. The van der Waals surface area contributed by atoms with Crippen LogP contribution in [-0.2, 0) is 4.79 Å². The molecule has 0 bridgehead atoms. The monoisotopic (exact) mass is 295 g/mol. The quantitative estimate of drug-likeness (QED) is 0.698. The number of hydrogen-bond acceptors (Lipinski definition) is 5. The van der Waals surface area contributed by atoms with Gasteiger partial charge in [-0.15, -0.1) is 11.3 Å². The van der Waals surface area contributed by atoms with E-state index >= 15 is 0 Å². The molecule has 2 aromatic heterocycles. The van der Waals surface area contributed by atoms with Crippen LogP contribution in [0.3, 0.4) is 0 Å². The van der Waals surface area contributed by atoms with Crippen molar-refractivity contribution in [2.75, 3.05) is 0 Å². The molecule has 102 valence electrons. The SMILES string of the molecule is C[C@H](Sc1ncnc2sccc12)C(=O)NC(C)(C)C. The summed E-state index contributed by atoms with van der Waals surface area (Å²) < 4.78 is 0. The Bertz CT molecular complexity index is 589. The van der Waals surface area contributed by atoms with Crippen molar-refractivity contribution in [1.82, 2.24) is 15.3 Å². The highest BCUT2D eigenvalue weighted by Crippen LogP contribution is 2.30. The van der Waals surface area contributed by atoms with Crippen LogP contribution in [0.15, 0.2) is 22.8 Å². The molecule has 0 radical (unpaired) electrons. The first-order chi connectivity index (χ1) is 8.87. The second-order valence-electron chi connectivity index (χ2n) is 5.32. The van der Waals surface area contributed by atoms with Crippen molar-refractivity contribution >= 4 is 39.2 Å². The summed E-state index contributed by atoms with van der Waals surface area (Å²) in [5.74, 6) is 0.0273. The van der Waals surface area contributed by atoms with E-state index in [1.807, 2.05) is 39.1 Å². The lowest BCUT2D eigenvalue weighted by Crippen LogP contribution is -2.44. The highest BCUT2D eigenvalue weighted by Gasteiger charge is 2.21. The Labute approximate surface area is 121 Å². The molecule has 2 heterocycles. The van der Waals surface area contributed by atoms with Crippen LogP contribution in [0, 0.1) is 0 Å². The predicted octanol–water partition coefficient (Wildman–Crippen LogP) is 3.09. The zero-order chi connectivity index (χ0) is 14.0. The first-order valence-corrected chi connectivity index (χ1v) is 7.79. The summed E-state index contributed by atoms with van der Waals surface area (Å²) in [4.78, 5) is 21.5. The van der Waals surface area contributed by atoms with Gasteiger partial charge in [-0.05, 0) is 39.1 Å². The van der Waals surface area contributed by atoms with E-state index in [1.54, 1.807) is 17.7 Å². The molecule has 0 saturated heterocycles. The van der Waals surface area contributed by atoms with Crippen molar-refractivity contribution in [2.24, 2.45) is 0 Å². The molecule has 0 fully saturated rings. The van der Waals surface area contributed by atoms with Gasteiger partial charge in [0, 0.05) is 10.9 Å². The smallest absolute Gasteiger partial charge is 0.233 e. The molecule has 6 heteroatoms. The maximum Gasteiger partial charge on any atom is 0.233 e. The highest BCUT2D eigenvalue weighted by atomic mass is 32.2. The van der Waals surface area contributed by atoms with E-state index in [9.17, 15) is 4.79 Å². The largest absolute Gasteiger partial charge is 0.351 e. The predicted molar refractivity (Wildman–Crippen MR) is 80.6 cm³/mol. The molecule has 0 aliphatic heterocycles. The maximum atomic E-state index is 12.1. The molecule has 0 spiro atoms. The number of nitrogens with zero attached hydrogens (tertiary/aromatic N) is 2. The standard InChI is InChI=1S/C13H17N3OS2/c1-8(10(17)16-13(2,3)4)19-12-9-5-6-18-11(9)14-7-15-12/h5-8H,1-4H3,(H,16,17)/t8-/m0/s1. The molecule has 19 heavy (non-hydrogen) atoms. The minimum absolute atomic E-state index is 0.0273. The van der Waals surface area contributed by atoms with Crippen LogP contribution in [-0.4, -0.2) is 26.7 Å². The molecule has 1 amide bonds. The zero-order valence-electron chi connectivity index (χ0n) is 11.4. The third kappa shape index (κ3) is 3.67. The summed E-state index contributed by atoms with van der Waals surface area (Å²) in [5, 5.41) is 6.67. The molecule has 0 aromatic carbocycles. The average molecular weight is 295 g/mol. The molecule has 4 nitrogen and oxygen atoms in total. The topological polar surface area (TPSA) is 54.9 Å². The molecule has 0 unspecified atom stereocenters. The summed E-state index contributed by atoms with van der Waals surface area (Å²) in [6.07, 6.45) is 1.55. The van der Waals surface area contributed by atoms with Crippen molar-refractivity contribution in [3.05, 3.63) is 17.8 Å².